The van der Waals surface area contributed by atoms with Gasteiger partial charge in [0.25, 0.3) is 0 Å². The molecule has 1 heteroatoms. The molecule has 0 bridgehead atoms. The van der Waals surface area contributed by atoms with Crippen molar-refractivity contribution in [2.45, 2.75) is 38.0 Å². The van der Waals surface area contributed by atoms with Gasteiger partial charge in [-0.3, -0.25) is 0 Å². The minimum absolute atomic E-state index is 0.686. The summed E-state index contributed by atoms with van der Waals surface area (Å²) < 4.78 is 0. The molecule has 0 saturated heterocycles. The number of rotatable bonds is 4. The molecule has 1 atom stereocenters. The highest BCUT2D eigenvalue weighted by atomic mass is 32.1. The van der Waals surface area contributed by atoms with Crippen molar-refractivity contribution < 1.29 is 0 Å². The highest BCUT2D eigenvalue weighted by Gasteiger charge is 2.26. The van der Waals surface area contributed by atoms with E-state index in [2.05, 4.69) is 60.0 Å². The summed E-state index contributed by atoms with van der Waals surface area (Å²) in [5.74, 6) is 1.55. The molecule has 1 fully saturated rings. The Morgan fingerprint density at radius 1 is 0.909 bits per heavy atom. The zero-order valence-corrected chi connectivity index (χ0v) is 13.7. The molecule has 4 rings (SSSR count). The third-order valence-corrected chi connectivity index (χ3v) is 6.07. The first-order valence-corrected chi connectivity index (χ1v) is 9.29. The van der Waals surface area contributed by atoms with E-state index in [-0.39, 0.29) is 0 Å². The second-order valence-corrected chi connectivity index (χ2v) is 7.57. The van der Waals surface area contributed by atoms with Crippen LogP contribution in [0.5, 0.6) is 0 Å². The second kappa shape index (κ2) is 6.26. The van der Waals surface area contributed by atoms with Crippen LogP contribution in [-0.4, -0.2) is 0 Å². The molecule has 0 spiro atoms. The average molecular weight is 306 g/mol. The quantitative estimate of drug-likeness (QED) is 0.522. The van der Waals surface area contributed by atoms with Gasteiger partial charge in [-0.25, -0.2) is 0 Å². The van der Waals surface area contributed by atoms with Crippen molar-refractivity contribution in [2.24, 2.45) is 5.92 Å². The van der Waals surface area contributed by atoms with Gasteiger partial charge in [-0.1, -0.05) is 61.4 Å². The highest BCUT2D eigenvalue weighted by Crippen LogP contribution is 2.40. The molecule has 0 N–H and O–H groups in total. The summed E-state index contributed by atoms with van der Waals surface area (Å²) in [5.41, 5.74) is 1.54. The molecule has 0 amide bonds. The van der Waals surface area contributed by atoms with Crippen molar-refractivity contribution in [3.63, 3.8) is 0 Å². The molecule has 1 aliphatic rings. The van der Waals surface area contributed by atoms with E-state index in [0.717, 1.165) is 5.92 Å². The van der Waals surface area contributed by atoms with Gasteiger partial charge in [0.05, 0.1) is 0 Å². The van der Waals surface area contributed by atoms with Gasteiger partial charge >= 0.3 is 0 Å². The monoisotopic (exact) mass is 306 g/mol. The van der Waals surface area contributed by atoms with Gasteiger partial charge < -0.3 is 0 Å². The summed E-state index contributed by atoms with van der Waals surface area (Å²) in [6.45, 7) is 0. The topological polar surface area (TPSA) is 0 Å². The smallest absolute Gasteiger partial charge is 0.00514 e. The Hall–Kier alpha value is -1.60. The Labute approximate surface area is 136 Å². The van der Waals surface area contributed by atoms with E-state index in [1.54, 1.807) is 5.56 Å². The van der Waals surface area contributed by atoms with Crippen molar-refractivity contribution in [3.05, 3.63) is 70.4 Å². The van der Waals surface area contributed by atoms with E-state index >= 15 is 0 Å². The Morgan fingerprint density at radius 2 is 1.73 bits per heavy atom. The Balaban J connectivity index is 1.70. The SMILES string of the molecule is c1csc(CC(c2ccc3ccccc3c2)C2CCCC2)c1. The maximum atomic E-state index is 2.44. The summed E-state index contributed by atoms with van der Waals surface area (Å²) in [7, 11) is 0. The van der Waals surface area contributed by atoms with Crippen molar-refractivity contribution in [3.8, 4) is 0 Å². The predicted octanol–water partition coefficient (Wildman–Crippen LogP) is 6.42. The molecule has 1 heterocycles. The van der Waals surface area contributed by atoms with Gasteiger partial charge in [0, 0.05) is 4.88 Å². The van der Waals surface area contributed by atoms with Crippen LogP contribution >= 0.6 is 11.3 Å². The maximum absolute atomic E-state index is 2.44. The average Bonchev–Trinajstić information content (AvgIpc) is 3.25. The van der Waals surface area contributed by atoms with Crippen LogP contribution in [0.25, 0.3) is 10.8 Å². The third kappa shape index (κ3) is 2.83. The van der Waals surface area contributed by atoms with Gasteiger partial charge in [0.2, 0.25) is 0 Å². The van der Waals surface area contributed by atoms with Gasteiger partial charge in [-0.05, 0) is 58.9 Å². The fraction of sp³-hybridized carbons (Fsp3) is 0.333. The van der Waals surface area contributed by atoms with Crippen LogP contribution in [0.2, 0.25) is 0 Å². The van der Waals surface area contributed by atoms with Crippen LogP contribution in [-0.2, 0) is 6.42 Å². The van der Waals surface area contributed by atoms with Gasteiger partial charge in [0.1, 0.15) is 0 Å². The zero-order chi connectivity index (χ0) is 14.8. The first kappa shape index (κ1) is 14.0. The molecular weight excluding hydrogens is 284 g/mol. The first-order valence-electron chi connectivity index (χ1n) is 8.41. The number of hydrogen-bond acceptors (Lipinski definition) is 1. The van der Waals surface area contributed by atoms with E-state index in [9.17, 15) is 0 Å². The van der Waals surface area contributed by atoms with Crippen LogP contribution in [0.4, 0.5) is 0 Å². The molecule has 1 aliphatic carbocycles. The van der Waals surface area contributed by atoms with E-state index in [1.165, 1.54) is 47.8 Å². The minimum Gasteiger partial charge on any atom is -0.149 e. The number of benzene rings is 2. The first-order chi connectivity index (χ1) is 10.9. The van der Waals surface area contributed by atoms with Crippen molar-refractivity contribution >= 4 is 22.1 Å². The third-order valence-electron chi connectivity index (χ3n) is 5.17. The fourth-order valence-corrected chi connectivity index (χ4v) is 4.77. The molecular formula is C21H22S. The van der Waals surface area contributed by atoms with E-state index in [1.807, 2.05) is 11.3 Å². The van der Waals surface area contributed by atoms with E-state index in [4.69, 9.17) is 0 Å². The minimum atomic E-state index is 0.686. The van der Waals surface area contributed by atoms with Crippen LogP contribution in [0, 0.1) is 5.92 Å². The zero-order valence-electron chi connectivity index (χ0n) is 12.9. The second-order valence-electron chi connectivity index (χ2n) is 6.54. The standard InChI is InChI=1S/C21H22S/c1-4-9-18-14-19(12-11-16(18)6-1)21(17-7-2-3-8-17)15-20-10-5-13-22-20/h1,4-6,9-14,17,21H,2-3,7-8,15H2. The summed E-state index contributed by atoms with van der Waals surface area (Å²) in [6, 6.07) is 20.3. The summed E-state index contributed by atoms with van der Waals surface area (Å²) in [6.07, 6.45) is 6.85. The molecule has 112 valence electrons. The fourth-order valence-electron chi connectivity index (χ4n) is 4.00. The van der Waals surface area contributed by atoms with E-state index < -0.39 is 0 Å². The number of fused-ring (bicyclic) bond motifs is 1. The predicted molar refractivity (Wildman–Crippen MR) is 96.7 cm³/mol. The summed E-state index contributed by atoms with van der Waals surface area (Å²) >= 11 is 1.91. The lowest BCUT2D eigenvalue weighted by Gasteiger charge is -2.24. The lowest BCUT2D eigenvalue weighted by molar-refractivity contribution is 0.433. The van der Waals surface area contributed by atoms with E-state index in [0.29, 0.717) is 5.92 Å². The van der Waals surface area contributed by atoms with Crippen molar-refractivity contribution in [2.75, 3.05) is 0 Å². The van der Waals surface area contributed by atoms with Crippen LogP contribution in [0.1, 0.15) is 42.0 Å². The lowest BCUT2D eigenvalue weighted by Crippen LogP contribution is -2.12. The molecule has 0 aliphatic heterocycles. The van der Waals surface area contributed by atoms with Gasteiger partial charge in [-0.2, -0.15) is 0 Å². The molecule has 1 unspecified atom stereocenters. The maximum Gasteiger partial charge on any atom is 0.00514 e. The Bertz CT molecular complexity index is 735. The molecule has 1 aromatic heterocycles. The van der Waals surface area contributed by atoms with Crippen molar-refractivity contribution in [1.82, 2.24) is 0 Å². The van der Waals surface area contributed by atoms with Crippen LogP contribution in [0.15, 0.2) is 60.0 Å². The normalized spacial score (nSPS) is 17.1. The number of hydrogen-bond donors (Lipinski definition) is 0. The lowest BCUT2D eigenvalue weighted by atomic mass is 9.81. The van der Waals surface area contributed by atoms with Gasteiger partial charge in [0.15, 0.2) is 0 Å². The largest absolute Gasteiger partial charge is 0.149 e. The molecule has 0 nitrogen and oxygen atoms in total. The molecule has 1 saturated carbocycles. The highest BCUT2D eigenvalue weighted by molar-refractivity contribution is 7.09. The van der Waals surface area contributed by atoms with Crippen LogP contribution < -0.4 is 0 Å². The number of thiophene rings is 1. The van der Waals surface area contributed by atoms with Gasteiger partial charge in [-0.15, -0.1) is 11.3 Å². The Kier molecular flexibility index (Phi) is 3.99. The summed E-state index contributed by atoms with van der Waals surface area (Å²) in [4.78, 5) is 1.53. The Morgan fingerprint density at radius 3 is 2.50 bits per heavy atom. The molecule has 22 heavy (non-hydrogen) atoms. The molecule has 3 aromatic rings. The van der Waals surface area contributed by atoms with Crippen LogP contribution in [0.3, 0.4) is 0 Å². The van der Waals surface area contributed by atoms with Crippen molar-refractivity contribution in [1.29, 1.82) is 0 Å². The molecule has 2 aromatic carbocycles. The summed E-state index contributed by atoms with van der Waals surface area (Å²) in [5, 5.41) is 4.95. The molecule has 0 radical (unpaired) electrons.